The van der Waals surface area contributed by atoms with Crippen molar-refractivity contribution in [2.75, 3.05) is 11.1 Å². The molecule has 5 nitrogen and oxygen atoms in total. The summed E-state index contributed by atoms with van der Waals surface area (Å²) >= 11 is 0.863. The molecule has 9 heteroatoms. The number of hydrogen-bond acceptors (Lipinski definition) is 4. The van der Waals surface area contributed by atoms with Gasteiger partial charge in [-0.15, -0.1) is 0 Å². The molecule has 2 aromatic carbocycles. The number of anilines is 1. The zero-order valence-corrected chi connectivity index (χ0v) is 16.1. The van der Waals surface area contributed by atoms with Crippen LogP contribution in [0.25, 0.3) is 5.69 Å². The number of carbonyl (C=O) groups excluding carboxylic acids is 1. The number of nitrogens with one attached hydrogen (secondary N) is 1. The van der Waals surface area contributed by atoms with Gasteiger partial charge in [0.15, 0.2) is 5.03 Å². The Morgan fingerprint density at radius 2 is 1.93 bits per heavy atom. The molecule has 0 aliphatic heterocycles. The van der Waals surface area contributed by atoms with Crippen molar-refractivity contribution in [3.63, 3.8) is 0 Å². The Bertz CT molecular complexity index is 1100. The maximum atomic E-state index is 13.0. The van der Waals surface area contributed by atoms with E-state index in [4.69, 9.17) is 0 Å². The first-order valence-corrected chi connectivity index (χ1v) is 9.48. The summed E-state index contributed by atoms with van der Waals surface area (Å²) in [5.41, 5.74) is -0.0423. The molecule has 29 heavy (non-hydrogen) atoms. The fraction of sp³-hybridized carbons (Fsp3) is 0.150. The number of carbonyl (C=O) groups is 1. The number of nitrogens with zero attached hydrogens (tertiary/aromatic N) is 2. The average Bonchev–Trinajstić information content (AvgIpc) is 2.67. The van der Waals surface area contributed by atoms with Crippen LogP contribution in [0.5, 0.6) is 0 Å². The van der Waals surface area contributed by atoms with Crippen LogP contribution in [0.2, 0.25) is 0 Å². The van der Waals surface area contributed by atoms with Gasteiger partial charge in [0, 0.05) is 18.1 Å². The van der Waals surface area contributed by atoms with Crippen LogP contribution in [0.4, 0.5) is 18.9 Å². The second-order valence-electron chi connectivity index (χ2n) is 6.13. The number of aryl methyl sites for hydroxylation is 1. The van der Waals surface area contributed by atoms with Gasteiger partial charge in [0.05, 0.1) is 17.0 Å². The predicted molar refractivity (Wildman–Crippen MR) is 105 cm³/mol. The molecule has 0 unspecified atom stereocenters. The van der Waals surface area contributed by atoms with Crippen LogP contribution < -0.4 is 10.9 Å². The van der Waals surface area contributed by atoms with Crippen molar-refractivity contribution in [2.24, 2.45) is 0 Å². The molecule has 0 radical (unpaired) electrons. The van der Waals surface area contributed by atoms with Crippen molar-refractivity contribution in [2.45, 2.75) is 18.1 Å². The summed E-state index contributed by atoms with van der Waals surface area (Å²) in [6.45, 7) is 1.90. The molecule has 1 heterocycles. The summed E-state index contributed by atoms with van der Waals surface area (Å²) in [7, 11) is 0. The Kier molecular flexibility index (Phi) is 6.07. The van der Waals surface area contributed by atoms with E-state index in [1.165, 1.54) is 35.2 Å². The fourth-order valence-electron chi connectivity index (χ4n) is 2.63. The molecule has 0 spiro atoms. The maximum Gasteiger partial charge on any atom is 0.418 e. The molecule has 1 amide bonds. The highest BCUT2D eigenvalue weighted by atomic mass is 32.2. The number of benzene rings is 2. The molecule has 0 saturated heterocycles. The van der Waals surface area contributed by atoms with Crippen LogP contribution in [-0.4, -0.2) is 21.2 Å². The van der Waals surface area contributed by atoms with Gasteiger partial charge in [-0.2, -0.15) is 13.2 Å². The second-order valence-corrected chi connectivity index (χ2v) is 7.09. The number of para-hydroxylation sites is 1. The third-order valence-corrected chi connectivity index (χ3v) is 4.90. The van der Waals surface area contributed by atoms with Crippen molar-refractivity contribution in [3.8, 4) is 5.69 Å². The lowest BCUT2D eigenvalue weighted by Crippen LogP contribution is -2.22. The normalized spacial score (nSPS) is 11.3. The van der Waals surface area contributed by atoms with Crippen LogP contribution in [0.3, 0.4) is 0 Å². The maximum absolute atomic E-state index is 13.0. The lowest BCUT2D eigenvalue weighted by molar-refractivity contribution is -0.137. The number of halogens is 3. The molecule has 0 aliphatic rings. The van der Waals surface area contributed by atoms with Crippen molar-refractivity contribution >= 4 is 23.4 Å². The molecule has 0 saturated carbocycles. The molecule has 150 valence electrons. The number of thioether (sulfide) groups is 1. The van der Waals surface area contributed by atoms with Crippen LogP contribution >= 0.6 is 11.8 Å². The molecule has 3 rings (SSSR count). The highest BCUT2D eigenvalue weighted by Crippen LogP contribution is 2.34. The molecule has 0 aliphatic carbocycles. The third-order valence-electron chi connectivity index (χ3n) is 3.94. The zero-order chi connectivity index (χ0) is 21.0. The first-order valence-electron chi connectivity index (χ1n) is 8.49. The van der Waals surface area contributed by atoms with Gasteiger partial charge in [-0.25, -0.2) is 4.98 Å². The molecule has 1 N–H and O–H groups in total. The van der Waals surface area contributed by atoms with E-state index in [9.17, 15) is 22.8 Å². The van der Waals surface area contributed by atoms with Gasteiger partial charge >= 0.3 is 6.18 Å². The van der Waals surface area contributed by atoms with Gasteiger partial charge in [-0.05, 0) is 36.8 Å². The standard InChI is InChI=1S/C20H16F3N3O2S/c1-13-5-4-6-14(11-13)26-10-9-24-18(19(26)28)29-12-17(27)25-16-8-3-2-7-15(16)20(21,22)23/h2-11H,12H2,1H3,(H,25,27). The Morgan fingerprint density at radius 1 is 1.17 bits per heavy atom. The second kappa shape index (κ2) is 8.52. The summed E-state index contributed by atoms with van der Waals surface area (Å²) in [6.07, 6.45) is -1.64. The minimum atomic E-state index is -4.58. The van der Waals surface area contributed by atoms with Crippen LogP contribution in [0, 0.1) is 6.92 Å². The fourth-order valence-corrected chi connectivity index (χ4v) is 3.33. The smallest absolute Gasteiger partial charge is 0.325 e. The van der Waals surface area contributed by atoms with Gasteiger partial charge in [-0.3, -0.25) is 14.2 Å². The van der Waals surface area contributed by atoms with Crippen molar-refractivity contribution < 1.29 is 18.0 Å². The van der Waals surface area contributed by atoms with Gasteiger partial charge < -0.3 is 5.32 Å². The van der Waals surface area contributed by atoms with E-state index in [1.807, 2.05) is 25.1 Å². The quantitative estimate of drug-likeness (QED) is 0.627. The third kappa shape index (κ3) is 5.05. The highest BCUT2D eigenvalue weighted by molar-refractivity contribution is 7.99. The summed E-state index contributed by atoms with van der Waals surface area (Å²) in [5, 5.41) is 2.32. The van der Waals surface area contributed by atoms with E-state index in [2.05, 4.69) is 10.3 Å². The van der Waals surface area contributed by atoms with Crippen LogP contribution in [0.15, 0.2) is 70.7 Å². The average molecular weight is 419 g/mol. The van der Waals surface area contributed by atoms with E-state index in [0.29, 0.717) is 5.69 Å². The molecule has 1 aromatic heterocycles. The number of aromatic nitrogens is 2. The Hall–Kier alpha value is -3.07. The molecule has 3 aromatic rings. The Balaban J connectivity index is 1.74. The molecular formula is C20H16F3N3O2S. The topological polar surface area (TPSA) is 64.0 Å². The molecule has 0 fully saturated rings. The van der Waals surface area contributed by atoms with Gasteiger partial charge in [0.1, 0.15) is 0 Å². The zero-order valence-electron chi connectivity index (χ0n) is 15.2. The highest BCUT2D eigenvalue weighted by Gasteiger charge is 2.33. The van der Waals surface area contributed by atoms with E-state index < -0.39 is 23.2 Å². The SMILES string of the molecule is Cc1cccc(-n2ccnc(SCC(=O)Nc3ccccc3C(F)(F)F)c2=O)c1. The number of hydrogen-bond donors (Lipinski definition) is 1. The van der Waals surface area contributed by atoms with Gasteiger partial charge in [0.2, 0.25) is 5.91 Å². The van der Waals surface area contributed by atoms with Crippen LogP contribution in [0.1, 0.15) is 11.1 Å². The van der Waals surface area contributed by atoms with Gasteiger partial charge in [-0.1, -0.05) is 36.0 Å². The van der Waals surface area contributed by atoms with E-state index in [0.717, 1.165) is 23.4 Å². The summed E-state index contributed by atoms with van der Waals surface area (Å²) in [6, 6.07) is 12.0. The summed E-state index contributed by atoms with van der Waals surface area (Å²) < 4.78 is 40.5. The van der Waals surface area contributed by atoms with E-state index in [1.54, 1.807) is 6.07 Å². The monoisotopic (exact) mass is 419 g/mol. The first kappa shape index (κ1) is 20.7. The molecular weight excluding hydrogens is 403 g/mol. The largest absolute Gasteiger partial charge is 0.418 e. The Morgan fingerprint density at radius 3 is 2.66 bits per heavy atom. The number of rotatable bonds is 5. The minimum Gasteiger partial charge on any atom is -0.325 e. The van der Waals surface area contributed by atoms with Crippen molar-refractivity contribution in [1.29, 1.82) is 0 Å². The van der Waals surface area contributed by atoms with Crippen molar-refractivity contribution in [1.82, 2.24) is 9.55 Å². The van der Waals surface area contributed by atoms with Crippen molar-refractivity contribution in [3.05, 3.63) is 82.4 Å². The Labute approximate surface area is 168 Å². The minimum absolute atomic E-state index is 0.0771. The predicted octanol–water partition coefficient (Wildman–Crippen LogP) is 4.29. The van der Waals surface area contributed by atoms with E-state index in [-0.39, 0.29) is 16.5 Å². The number of alkyl halides is 3. The van der Waals surface area contributed by atoms with Crippen LogP contribution in [-0.2, 0) is 11.0 Å². The van der Waals surface area contributed by atoms with E-state index >= 15 is 0 Å². The first-order chi connectivity index (χ1) is 13.8. The lowest BCUT2D eigenvalue weighted by Gasteiger charge is -2.13. The van der Waals surface area contributed by atoms with Gasteiger partial charge in [0.25, 0.3) is 5.56 Å². The number of amides is 1. The summed E-state index contributed by atoms with van der Waals surface area (Å²) in [5.74, 6) is -0.925. The molecule has 0 atom stereocenters. The molecule has 0 bridgehead atoms. The lowest BCUT2D eigenvalue weighted by atomic mass is 10.1. The summed E-state index contributed by atoms with van der Waals surface area (Å²) in [4.78, 5) is 28.8.